The number of benzene rings is 3. The maximum Gasteiger partial charge on any atom is 1.00 e. The Bertz CT molecular complexity index is 1860. The SMILES string of the molecule is O=C(NCCNC(=O)[C@H](CS(=O)(=O)[O-])NC(=O)[C@H](CS(=O)(=O)[O-])NC(=O)OCC1c2ccccc2-c2ccccc21)OCc1ccccc1.[Na+].[Na+]. The van der Waals surface area contributed by atoms with Crippen molar-refractivity contribution >= 4 is 44.2 Å². The van der Waals surface area contributed by atoms with E-state index in [1.165, 1.54) is 0 Å². The number of fused-ring (bicyclic) bond motifs is 3. The fourth-order valence-corrected chi connectivity index (χ4v) is 6.36. The molecule has 0 aliphatic heterocycles. The second kappa shape index (κ2) is 20.3. The Hall–Kier alpha value is -3.04. The van der Waals surface area contributed by atoms with Crippen LogP contribution in [-0.4, -0.2) is 93.2 Å². The molecule has 0 unspecified atom stereocenters. The first kappa shape index (κ1) is 44.1. The van der Waals surface area contributed by atoms with Crippen LogP contribution in [0, 0.1) is 0 Å². The van der Waals surface area contributed by atoms with Crippen LogP contribution in [0.2, 0.25) is 0 Å². The van der Waals surface area contributed by atoms with Gasteiger partial charge >= 0.3 is 71.3 Å². The van der Waals surface area contributed by atoms with E-state index in [4.69, 9.17) is 9.47 Å². The molecular weight excluding hydrogens is 730 g/mol. The van der Waals surface area contributed by atoms with Gasteiger partial charge in [0.05, 0.1) is 31.7 Å². The second-order valence-corrected chi connectivity index (χ2v) is 13.7. The quantitative estimate of drug-likeness (QED) is 0.0644. The fourth-order valence-electron chi connectivity index (χ4n) is 5.08. The number of carbonyl (C=O) groups excluding carboxylic acids is 4. The average molecular weight is 763 g/mol. The maximum absolute atomic E-state index is 13.0. The summed E-state index contributed by atoms with van der Waals surface area (Å²) in [7, 11) is -10.3. The molecule has 4 amide bonds. The molecule has 0 spiro atoms. The monoisotopic (exact) mass is 762 g/mol. The first-order chi connectivity index (χ1) is 23.2. The molecule has 0 bridgehead atoms. The zero-order chi connectivity index (χ0) is 35.6. The molecule has 3 aromatic rings. The summed E-state index contributed by atoms with van der Waals surface area (Å²) in [5.74, 6) is -6.00. The molecule has 1 aliphatic rings. The van der Waals surface area contributed by atoms with Crippen LogP contribution in [0.3, 0.4) is 0 Å². The number of alkyl carbamates (subject to hydrolysis) is 2. The van der Waals surface area contributed by atoms with E-state index >= 15 is 0 Å². The Balaban J connectivity index is 0.00000451. The predicted octanol–water partition coefficient (Wildman–Crippen LogP) is -5.48. The van der Waals surface area contributed by atoms with Crippen LogP contribution in [0.1, 0.15) is 22.6 Å². The van der Waals surface area contributed by atoms with Gasteiger partial charge in [0.1, 0.15) is 25.3 Å². The Morgan fingerprint density at radius 2 is 1.12 bits per heavy atom. The summed E-state index contributed by atoms with van der Waals surface area (Å²) in [5.41, 5.74) is 4.30. The average Bonchev–Trinajstić information content (AvgIpc) is 3.36. The summed E-state index contributed by atoms with van der Waals surface area (Å²) >= 11 is 0. The molecule has 0 saturated carbocycles. The van der Waals surface area contributed by atoms with Crippen LogP contribution >= 0.6 is 0 Å². The first-order valence-electron chi connectivity index (χ1n) is 14.7. The van der Waals surface area contributed by atoms with E-state index in [1.807, 2.05) is 59.2 Å². The molecular formula is C31H32N4Na2O12S2. The summed E-state index contributed by atoms with van der Waals surface area (Å²) < 4.78 is 79.6. The Labute approximate surface area is 338 Å². The van der Waals surface area contributed by atoms with Gasteiger partial charge < -0.3 is 39.8 Å². The predicted molar refractivity (Wildman–Crippen MR) is 171 cm³/mol. The zero-order valence-corrected chi connectivity index (χ0v) is 33.3. The number of hydrogen-bond donors (Lipinski definition) is 4. The van der Waals surface area contributed by atoms with Crippen LogP contribution < -0.4 is 80.4 Å². The normalized spacial score (nSPS) is 13.1. The summed E-state index contributed by atoms with van der Waals surface area (Å²) in [6, 6.07) is 19.4. The largest absolute Gasteiger partial charge is 1.00 e. The molecule has 0 heterocycles. The molecule has 262 valence electrons. The van der Waals surface area contributed by atoms with Gasteiger partial charge in [-0.05, 0) is 27.8 Å². The van der Waals surface area contributed by atoms with Gasteiger partial charge in [0, 0.05) is 19.0 Å². The van der Waals surface area contributed by atoms with Crippen LogP contribution in [0.5, 0.6) is 0 Å². The maximum atomic E-state index is 13.0. The molecule has 1 aliphatic carbocycles. The molecule has 0 aromatic heterocycles. The fraction of sp³-hybridized carbons (Fsp3) is 0.290. The van der Waals surface area contributed by atoms with Crippen LogP contribution in [-0.2, 0) is 45.9 Å². The van der Waals surface area contributed by atoms with Crippen molar-refractivity contribution in [3.63, 3.8) is 0 Å². The number of carbonyl (C=O) groups is 4. The Kier molecular flexibility index (Phi) is 17.5. The molecule has 3 aromatic carbocycles. The minimum absolute atomic E-state index is 0. The van der Waals surface area contributed by atoms with Crippen LogP contribution in [0.25, 0.3) is 11.1 Å². The molecule has 51 heavy (non-hydrogen) atoms. The van der Waals surface area contributed by atoms with Gasteiger partial charge in [0.2, 0.25) is 11.8 Å². The minimum Gasteiger partial charge on any atom is -0.748 e. The van der Waals surface area contributed by atoms with Gasteiger partial charge in [0.25, 0.3) is 0 Å². The van der Waals surface area contributed by atoms with Crippen molar-refractivity contribution in [2.24, 2.45) is 0 Å². The van der Waals surface area contributed by atoms with Crippen molar-refractivity contribution in [3.05, 3.63) is 95.6 Å². The third-order valence-corrected chi connectivity index (χ3v) is 8.72. The Morgan fingerprint density at radius 1 is 0.627 bits per heavy atom. The van der Waals surface area contributed by atoms with E-state index < -0.39 is 73.7 Å². The summed E-state index contributed by atoms with van der Waals surface area (Å²) in [4.78, 5) is 50.4. The van der Waals surface area contributed by atoms with E-state index in [2.05, 4.69) is 10.6 Å². The molecule has 2 atom stereocenters. The smallest absolute Gasteiger partial charge is 0.748 e. The van der Waals surface area contributed by atoms with Gasteiger partial charge in [-0.2, -0.15) is 0 Å². The number of amides is 4. The molecule has 0 radical (unpaired) electrons. The van der Waals surface area contributed by atoms with E-state index in [-0.39, 0.29) is 85.4 Å². The van der Waals surface area contributed by atoms with Crippen molar-refractivity contribution in [3.8, 4) is 11.1 Å². The Morgan fingerprint density at radius 3 is 1.67 bits per heavy atom. The molecule has 16 nitrogen and oxygen atoms in total. The van der Waals surface area contributed by atoms with Crippen LogP contribution in [0.4, 0.5) is 9.59 Å². The number of ether oxygens (including phenoxy) is 2. The molecule has 4 rings (SSSR count). The summed E-state index contributed by atoms with van der Waals surface area (Å²) in [6.45, 7) is -0.768. The number of nitrogens with one attached hydrogen (secondary N) is 4. The topological polar surface area (TPSA) is 249 Å². The van der Waals surface area contributed by atoms with E-state index in [1.54, 1.807) is 30.3 Å². The van der Waals surface area contributed by atoms with Crippen molar-refractivity contribution in [1.82, 2.24) is 21.3 Å². The van der Waals surface area contributed by atoms with Gasteiger partial charge in [-0.15, -0.1) is 0 Å². The third-order valence-electron chi connectivity index (χ3n) is 7.23. The second-order valence-electron chi connectivity index (χ2n) is 10.8. The summed E-state index contributed by atoms with van der Waals surface area (Å²) in [6.07, 6.45) is -2.11. The van der Waals surface area contributed by atoms with Crippen molar-refractivity contribution in [2.75, 3.05) is 31.2 Å². The van der Waals surface area contributed by atoms with Gasteiger partial charge in [-0.1, -0.05) is 78.9 Å². The molecule has 0 fully saturated rings. The van der Waals surface area contributed by atoms with E-state index in [9.17, 15) is 45.1 Å². The minimum atomic E-state index is -5.18. The van der Waals surface area contributed by atoms with Crippen molar-refractivity contribution < 1.29 is 114 Å². The van der Waals surface area contributed by atoms with Crippen molar-refractivity contribution in [1.29, 1.82) is 0 Å². The van der Waals surface area contributed by atoms with Gasteiger partial charge in [-0.25, -0.2) is 26.4 Å². The number of hydrogen-bond acceptors (Lipinski definition) is 12. The molecule has 4 N–H and O–H groups in total. The standard InChI is InChI=1S/C31H34N4O12S2.2Na/c36-28(32-14-15-33-30(38)46-16-20-8-2-1-3-9-20)26(18-48(40,41)42)34-29(37)27(19-49(43,44)45)35-31(39)47-17-25-23-12-6-4-10-21(23)22-11-5-7-13-24(22)25;;/h1-13,25-27H,14-19H2,(H,32,36)(H,33,38)(H,34,37)(H,35,39)(H,40,41,42)(H,43,44,45);;/q;2*+1/p-2/t26-,27-;;/m0../s1. The zero-order valence-electron chi connectivity index (χ0n) is 27.7. The third kappa shape index (κ3) is 14.1. The van der Waals surface area contributed by atoms with Crippen LogP contribution in [0.15, 0.2) is 78.9 Å². The van der Waals surface area contributed by atoms with Gasteiger partial charge in [0.15, 0.2) is 0 Å². The first-order valence-corrected chi connectivity index (χ1v) is 17.9. The molecule has 20 heteroatoms. The molecule has 0 saturated heterocycles. The summed E-state index contributed by atoms with van der Waals surface area (Å²) in [5, 5.41) is 8.42. The number of rotatable bonds is 15. The van der Waals surface area contributed by atoms with E-state index in [0.717, 1.165) is 27.8 Å². The van der Waals surface area contributed by atoms with Gasteiger partial charge in [-0.3, -0.25) is 9.59 Å². The van der Waals surface area contributed by atoms with Crippen molar-refractivity contribution in [2.45, 2.75) is 24.6 Å². The van der Waals surface area contributed by atoms with E-state index in [0.29, 0.717) is 0 Å².